The predicted octanol–water partition coefficient (Wildman–Crippen LogP) is 1.13. The third-order valence-electron chi connectivity index (χ3n) is 4.37. The number of rotatable bonds is 5. The molecule has 0 unspecified atom stereocenters. The van der Waals surface area contributed by atoms with Gasteiger partial charge >= 0.3 is 5.97 Å². The van der Waals surface area contributed by atoms with E-state index in [4.69, 9.17) is 5.11 Å². The molecule has 2 rings (SSSR count). The zero-order valence-corrected chi connectivity index (χ0v) is 12.2. The van der Waals surface area contributed by atoms with Crippen molar-refractivity contribution in [3.8, 4) is 0 Å². The quantitative estimate of drug-likeness (QED) is 0.753. The molecule has 1 aliphatic heterocycles. The number of aliphatic hydroxyl groups is 2. The summed E-state index contributed by atoms with van der Waals surface area (Å²) >= 11 is 0. The van der Waals surface area contributed by atoms with Crippen molar-refractivity contribution in [1.82, 2.24) is 4.98 Å². The molecule has 6 heteroatoms. The Morgan fingerprint density at radius 1 is 1.57 bits per heavy atom. The minimum atomic E-state index is -1.06. The van der Waals surface area contributed by atoms with Gasteiger partial charge in [0.2, 0.25) is 0 Å². The Morgan fingerprint density at radius 3 is 2.90 bits per heavy atom. The largest absolute Gasteiger partial charge is 0.477 e. The maximum absolute atomic E-state index is 11.0. The number of carbonyl (C=O) groups is 1. The van der Waals surface area contributed by atoms with E-state index in [2.05, 4.69) is 4.98 Å². The highest BCUT2D eigenvalue weighted by Crippen LogP contribution is 2.37. The number of hydrogen-bond acceptors (Lipinski definition) is 5. The molecule has 0 aromatic carbocycles. The number of anilines is 1. The molecule has 1 fully saturated rings. The van der Waals surface area contributed by atoms with Crippen molar-refractivity contribution in [2.24, 2.45) is 5.41 Å². The summed E-state index contributed by atoms with van der Waals surface area (Å²) in [4.78, 5) is 16.7. The van der Waals surface area contributed by atoms with Gasteiger partial charge in [-0.05, 0) is 25.0 Å². The Balaban J connectivity index is 2.15. The molecular weight excluding hydrogens is 272 g/mol. The highest BCUT2D eigenvalue weighted by Gasteiger charge is 2.41. The van der Waals surface area contributed by atoms with Crippen LogP contribution >= 0.6 is 0 Å². The van der Waals surface area contributed by atoms with E-state index >= 15 is 0 Å². The van der Waals surface area contributed by atoms with E-state index in [0.717, 1.165) is 18.5 Å². The molecule has 0 saturated carbocycles. The zero-order valence-electron chi connectivity index (χ0n) is 12.2. The number of carboxylic acid groups (broad SMARTS) is 1. The van der Waals surface area contributed by atoms with Gasteiger partial charge in [-0.25, -0.2) is 9.78 Å². The molecule has 1 aromatic heterocycles. The van der Waals surface area contributed by atoms with Crippen molar-refractivity contribution in [1.29, 1.82) is 0 Å². The van der Waals surface area contributed by atoms with Gasteiger partial charge in [-0.2, -0.15) is 0 Å². The molecule has 2 atom stereocenters. The van der Waals surface area contributed by atoms with Crippen LogP contribution in [0.15, 0.2) is 18.3 Å². The molecule has 3 N–H and O–H groups in total. The second-order valence-corrected chi connectivity index (χ2v) is 5.69. The molecule has 0 bridgehead atoms. The van der Waals surface area contributed by atoms with Gasteiger partial charge < -0.3 is 20.2 Å². The normalized spacial score (nSPS) is 25.9. The Hall–Kier alpha value is -1.66. The smallest absolute Gasteiger partial charge is 0.354 e. The maximum Gasteiger partial charge on any atom is 0.354 e. The lowest BCUT2D eigenvalue weighted by atomic mass is 9.73. The van der Waals surface area contributed by atoms with Crippen LogP contribution in [0, 0.1) is 5.41 Å². The van der Waals surface area contributed by atoms with E-state index in [1.807, 2.05) is 11.8 Å². The molecule has 2 heterocycles. The highest BCUT2D eigenvalue weighted by atomic mass is 16.4. The van der Waals surface area contributed by atoms with Gasteiger partial charge in [0.15, 0.2) is 0 Å². The van der Waals surface area contributed by atoms with Crippen LogP contribution in [0.3, 0.4) is 0 Å². The van der Waals surface area contributed by atoms with Crippen molar-refractivity contribution in [3.05, 3.63) is 24.0 Å². The maximum atomic E-state index is 11.0. The van der Waals surface area contributed by atoms with Gasteiger partial charge in [0.1, 0.15) is 5.69 Å². The summed E-state index contributed by atoms with van der Waals surface area (Å²) in [5.74, 6) is -1.06. The number of carboxylic acids is 1. The van der Waals surface area contributed by atoms with Gasteiger partial charge in [-0.15, -0.1) is 0 Å². The van der Waals surface area contributed by atoms with Gasteiger partial charge in [-0.3, -0.25) is 0 Å². The summed E-state index contributed by atoms with van der Waals surface area (Å²) in [6.07, 6.45) is 3.22. The summed E-state index contributed by atoms with van der Waals surface area (Å²) in [5.41, 5.74) is 0.299. The molecule has 0 aliphatic carbocycles. The van der Waals surface area contributed by atoms with Gasteiger partial charge in [0, 0.05) is 30.4 Å². The Bertz CT molecular complexity index is 508. The fourth-order valence-corrected chi connectivity index (χ4v) is 3.04. The monoisotopic (exact) mass is 294 g/mol. The minimum Gasteiger partial charge on any atom is -0.477 e. The molecular formula is C15H22N2O4. The van der Waals surface area contributed by atoms with E-state index in [1.165, 1.54) is 12.3 Å². The first-order valence-electron chi connectivity index (χ1n) is 7.25. The molecule has 0 spiro atoms. The first-order chi connectivity index (χ1) is 10.0. The van der Waals surface area contributed by atoms with E-state index < -0.39 is 17.5 Å². The van der Waals surface area contributed by atoms with Gasteiger partial charge in [0.25, 0.3) is 0 Å². The molecule has 0 amide bonds. The molecule has 0 radical (unpaired) electrons. The van der Waals surface area contributed by atoms with Crippen LogP contribution in [-0.4, -0.2) is 52.1 Å². The van der Waals surface area contributed by atoms with Gasteiger partial charge in [0.05, 0.1) is 12.7 Å². The molecule has 1 aliphatic rings. The summed E-state index contributed by atoms with van der Waals surface area (Å²) < 4.78 is 0. The lowest BCUT2D eigenvalue weighted by Gasteiger charge is -2.45. The molecule has 1 aromatic rings. The number of aliphatic hydroxyl groups excluding tert-OH is 2. The second kappa shape index (κ2) is 6.41. The van der Waals surface area contributed by atoms with Crippen LogP contribution < -0.4 is 4.90 Å². The van der Waals surface area contributed by atoms with Crippen LogP contribution in [0.25, 0.3) is 0 Å². The molecule has 1 saturated heterocycles. The van der Waals surface area contributed by atoms with Crippen molar-refractivity contribution in [3.63, 3.8) is 0 Å². The van der Waals surface area contributed by atoms with Crippen molar-refractivity contribution in [2.45, 2.75) is 32.3 Å². The lowest BCUT2D eigenvalue weighted by Crippen LogP contribution is -2.52. The predicted molar refractivity (Wildman–Crippen MR) is 78.5 cm³/mol. The van der Waals surface area contributed by atoms with E-state index in [1.54, 1.807) is 6.07 Å². The fourth-order valence-electron chi connectivity index (χ4n) is 3.04. The SMILES string of the molecule is CCC[C@]1(CO)CCN(c2ccnc(C(=O)O)c2)C[C@@H]1O. The van der Waals surface area contributed by atoms with Gasteiger partial charge in [-0.1, -0.05) is 13.3 Å². The van der Waals surface area contributed by atoms with Crippen LogP contribution in [0.4, 0.5) is 5.69 Å². The number of aromatic carboxylic acids is 1. The fraction of sp³-hybridized carbons (Fsp3) is 0.600. The topological polar surface area (TPSA) is 93.9 Å². The van der Waals surface area contributed by atoms with Crippen LogP contribution in [0.1, 0.15) is 36.7 Å². The number of pyridine rings is 1. The van der Waals surface area contributed by atoms with Crippen molar-refractivity contribution in [2.75, 3.05) is 24.6 Å². The summed E-state index contributed by atoms with van der Waals surface area (Å²) in [7, 11) is 0. The number of piperidine rings is 1. The highest BCUT2D eigenvalue weighted by molar-refractivity contribution is 5.86. The number of aromatic nitrogens is 1. The van der Waals surface area contributed by atoms with E-state index in [-0.39, 0.29) is 12.3 Å². The Kier molecular flexibility index (Phi) is 4.80. The standard InChI is InChI=1S/C15H22N2O4/c1-2-4-15(10-18)5-7-17(9-13(15)19)11-3-6-16-12(8-11)14(20)21/h3,6,8,13,18-19H,2,4-5,7,9-10H2,1H3,(H,20,21)/t13-,15+/m0/s1. The third-order valence-corrected chi connectivity index (χ3v) is 4.37. The summed E-state index contributed by atoms with van der Waals surface area (Å²) in [6.45, 7) is 3.09. The Labute approximate surface area is 124 Å². The third kappa shape index (κ3) is 3.16. The van der Waals surface area contributed by atoms with Crippen molar-refractivity contribution < 1.29 is 20.1 Å². The molecule has 21 heavy (non-hydrogen) atoms. The van der Waals surface area contributed by atoms with Crippen LogP contribution in [-0.2, 0) is 0 Å². The lowest BCUT2D eigenvalue weighted by molar-refractivity contribution is -0.0370. The first-order valence-corrected chi connectivity index (χ1v) is 7.25. The van der Waals surface area contributed by atoms with E-state index in [0.29, 0.717) is 19.5 Å². The van der Waals surface area contributed by atoms with Crippen LogP contribution in [0.5, 0.6) is 0 Å². The number of nitrogens with zero attached hydrogens (tertiary/aromatic N) is 2. The number of β-amino-alcohol motifs (C(OH)–C–C–N with tert-alkyl or cyclic N) is 1. The summed E-state index contributed by atoms with van der Waals surface area (Å²) in [5, 5.41) is 29.1. The molecule has 116 valence electrons. The van der Waals surface area contributed by atoms with Crippen LogP contribution in [0.2, 0.25) is 0 Å². The second-order valence-electron chi connectivity index (χ2n) is 5.69. The van der Waals surface area contributed by atoms with Crippen molar-refractivity contribution >= 4 is 11.7 Å². The summed E-state index contributed by atoms with van der Waals surface area (Å²) in [6, 6.07) is 3.26. The average Bonchev–Trinajstić information content (AvgIpc) is 2.49. The number of hydrogen-bond donors (Lipinski definition) is 3. The minimum absolute atomic E-state index is 0.00505. The zero-order chi connectivity index (χ0) is 15.5. The molecule has 6 nitrogen and oxygen atoms in total. The Morgan fingerprint density at radius 2 is 2.33 bits per heavy atom. The first kappa shape index (κ1) is 15.7. The van der Waals surface area contributed by atoms with E-state index in [9.17, 15) is 15.0 Å². The average molecular weight is 294 g/mol.